The van der Waals surface area contributed by atoms with Gasteiger partial charge in [-0.15, -0.1) is 0 Å². The first-order valence-corrected chi connectivity index (χ1v) is 8.40. The summed E-state index contributed by atoms with van der Waals surface area (Å²) in [6, 6.07) is 20.7. The molecule has 0 atom stereocenters. The maximum atomic E-state index is 13.5. The Hall–Kier alpha value is -3.28. The van der Waals surface area contributed by atoms with Gasteiger partial charge in [0, 0.05) is 16.6 Å². The number of halogens is 3. The molecule has 4 aromatic rings. The Bertz CT molecular complexity index is 1080. The van der Waals surface area contributed by atoms with Gasteiger partial charge in [0.05, 0.1) is 17.8 Å². The SMILES string of the molecule is Nc1ccc(-c2c3cccc(C(F)(F)F)c3nn2Cc2ccccc2)cc1. The van der Waals surface area contributed by atoms with E-state index in [-0.39, 0.29) is 5.52 Å². The molecule has 6 heteroatoms. The summed E-state index contributed by atoms with van der Waals surface area (Å²) in [7, 11) is 0. The summed E-state index contributed by atoms with van der Waals surface area (Å²) in [5.41, 5.74) is 7.93. The minimum absolute atomic E-state index is 0.0484. The van der Waals surface area contributed by atoms with Gasteiger partial charge in [0.25, 0.3) is 0 Å². The third-order valence-corrected chi connectivity index (χ3v) is 4.43. The molecule has 0 amide bonds. The lowest BCUT2D eigenvalue weighted by molar-refractivity contribution is -0.136. The lowest BCUT2D eigenvalue weighted by atomic mass is 10.0. The number of anilines is 1. The van der Waals surface area contributed by atoms with E-state index in [0.717, 1.165) is 17.2 Å². The summed E-state index contributed by atoms with van der Waals surface area (Å²) >= 11 is 0. The predicted molar refractivity (Wildman–Crippen MR) is 100 cm³/mol. The molecule has 0 fully saturated rings. The highest BCUT2D eigenvalue weighted by Gasteiger charge is 2.34. The van der Waals surface area contributed by atoms with Crippen LogP contribution < -0.4 is 5.73 Å². The summed E-state index contributed by atoms with van der Waals surface area (Å²) in [5, 5.41) is 4.80. The number of fused-ring (bicyclic) bond motifs is 1. The summed E-state index contributed by atoms with van der Waals surface area (Å²) < 4.78 is 42.1. The van der Waals surface area contributed by atoms with E-state index >= 15 is 0 Å². The number of hydrogen-bond donors (Lipinski definition) is 1. The third kappa shape index (κ3) is 3.26. The highest BCUT2D eigenvalue weighted by molar-refractivity contribution is 5.95. The van der Waals surface area contributed by atoms with Crippen LogP contribution in [0.5, 0.6) is 0 Å². The molecule has 136 valence electrons. The minimum atomic E-state index is -4.47. The number of benzene rings is 3. The second kappa shape index (κ2) is 6.46. The number of rotatable bonds is 3. The number of aromatic nitrogens is 2. The quantitative estimate of drug-likeness (QED) is 0.496. The number of hydrogen-bond acceptors (Lipinski definition) is 2. The Labute approximate surface area is 153 Å². The van der Waals surface area contributed by atoms with Crippen molar-refractivity contribution in [1.82, 2.24) is 9.78 Å². The zero-order valence-corrected chi connectivity index (χ0v) is 14.2. The highest BCUT2D eigenvalue weighted by atomic mass is 19.4. The van der Waals surface area contributed by atoms with Gasteiger partial charge >= 0.3 is 6.18 Å². The summed E-state index contributed by atoms with van der Waals surface area (Å²) in [4.78, 5) is 0. The van der Waals surface area contributed by atoms with Crippen LogP contribution in [0.4, 0.5) is 18.9 Å². The molecule has 0 radical (unpaired) electrons. The van der Waals surface area contributed by atoms with Crippen molar-refractivity contribution in [2.75, 3.05) is 5.73 Å². The standard InChI is InChI=1S/C21H16F3N3/c22-21(23,24)18-8-4-7-17-19(18)26-27(13-14-5-2-1-3-6-14)20(17)15-9-11-16(25)12-10-15/h1-12H,13,25H2. The van der Waals surface area contributed by atoms with Gasteiger partial charge < -0.3 is 5.73 Å². The van der Waals surface area contributed by atoms with Crippen LogP contribution >= 0.6 is 0 Å². The third-order valence-electron chi connectivity index (χ3n) is 4.43. The number of alkyl halides is 3. The van der Waals surface area contributed by atoms with Crippen molar-refractivity contribution in [1.29, 1.82) is 0 Å². The van der Waals surface area contributed by atoms with E-state index in [1.807, 2.05) is 30.3 Å². The van der Waals surface area contributed by atoms with Crippen molar-refractivity contribution < 1.29 is 13.2 Å². The average molecular weight is 367 g/mol. The zero-order valence-electron chi connectivity index (χ0n) is 14.2. The Balaban J connectivity index is 1.97. The highest BCUT2D eigenvalue weighted by Crippen LogP contribution is 2.38. The molecule has 1 heterocycles. The molecule has 2 N–H and O–H groups in total. The average Bonchev–Trinajstić information content (AvgIpc) is 3.00. The monoisotopic (exact) mass is 367 g/mol. The molecule has 27 heavy (non-hydrogen) atoms. The fourth-order valence-electron chi connectivity index (χ4n) is 3.20. The van der Waals surface area contributed by atoms with E-state index in [2.05, 4.69) is 5.10 Å². The lowest BCUT2D eigenvalue weighted by Gasteiger charge is -2.09. The van der Waals surface area contributed by atoms with Crippen molar-refractivity contribution in [3.8, 4) is 11.3 Å². The molecule has 4 rings (SSSR count). The smallest absolute Gasteiger partial charge is 0.399 e. The first-order valence-electron chi connectivity index (χ1n) is 8.40. The van der Waals surface area contributed by atoms with Crippen LogP contribution in [0, 0.1) is 0 Å². The van der Waals surface area contributed by atoms with Gasteiger partial charge in [0.1, 0.15) is 5.52 Å². The maximum absolute atomic E-state index is 13.5. The summed E-state index contributed by atoms with van der Waals surface area (Å²) in [6.45, 7) is 0.368. The van der Waals surface area contributed by atoms with Gasteiger partial charge in [-0.3, -0.25) is 4.68 Å². The number of nitrogens with two attached hydrogens (primary N) is 1. The fraction of sp³-hybridized carbons (Fsp3) is 0.0952. The molecule has 3 nitrogen and oxygen atoms in total. The second-order valence-corrected chi connectivity index (χ2v) is 6.31. The van der Waals surface area contributed by atoms with E-state index < -0.39 is 11.7 Å². The number of nitrogens with zero attached hydrogens (tertiary/aromatic N) is 2. The topological polar surface area (TPSA) is 43.8 Å². The minimum Gasteiger partial charge on any atom is -0.399 e. The van der Waals surface area contributed by atoms with Crippen LogP contribution in [0.15, 0.2) is 72.8 Å². The van der Waals surface area contributed by atoms with Crippen LogP contribution in [0.3, 0.4) is 0 Å². The molecule has 0 bridgehead atoms. The predicted octanol–water partition coefficient (Wildman–Crippen LogP) is 5.35. The van der Waals surface area contributed by atoms with E-state index in [9.17, 15) is 13.2 Å². The maximum Gasteiger partial charge on any atom is 0.418 e. The van der Waals surface area contributed by atoms with Crippen LogP contribution in [0.1, 0.15) is 11.1 Å². The summed E-state index contributed by atoms with van der Waals surface area (Å²) in [6.07, 6.45) is -4.47. The van der Waals surface area contributed by atoms with Crippen molar-refractivity contribution in [2.24, 2.45) is 0 Å². The Morgan fingerprint density at radius 1 is 0.852 bits per heavy atom. The first kappa shape index (κ1) is 17.1. The van der Waals surface area contributed by atoms with Crippen LogP contribution in [-0.4, -0.2) is 9.78 Å². The molecule has 0 unspecified atom stereocenters. The molecule has 0 spiro atoms. The first-order chi connectivity index (χ1) is 12.9. The molecule has 0 aliphatic carbocycles. The molecule has 0 saturated heterocycles. The van der Waals surface area contributed by atoms with Gasteiger partial charge in [0.2, 0.25) is 0 Å². The van der Waals surface area contributed by atoms with E-state index in [4.69, 9.17) is 5.73 Å². The Kier molecular flexibility index (Phi) is 4.11. The molecule has 0 aliphatic rings. The molecule has 1 aromatic heterocycles. The normalized spacial score (nSPS) is 11.8. The summed E-state index contributed by atoms with van der Waals surface area (Å²) in [5.74, 6) is 0. The van der Waals surface area contributed by atoms with Gasteiger partial charge in [-0.25, -0.2) is 0 Å². The van der Waals surface area contributed by atoms with Gasteiger partial charge in [-0.2, -0.15) is 18.3 Å². The van der Waals surface area contributed by atoms with Gasteiger partial charge in [-0.05, 0) is 23.8 Å². The van der Waals surface area contributed by atoms with Crippen LogP contribution in [-0.2, 0) is 12.7 Å². The lowest BCUT2D eigenvalue weighted by Crippen LogP contribution is -2.06. The molecular formula is C21H16F3N3. The largest absolute Gasteiger partial charge is 0.418 e. The van der Waals surface area contributed by atoms with Gasteiger partial charge in [-0.1, -0.05) is 54.6 Å². The van der Waals surface area contributed by atoms with Crippen molar-refractivity contribution in [3.05, 3.63) is 83.9 Å². The Morgan fingerprint density at radius 2 is 1.56 bits per heavy atom. The van der Waals surface area contributed by atoms with Crippen LogP contribution in [0.25, 0.3) is 22.2 Å². The molecule has 0 aliphatic heterocycles. The van der Waals surface area contributed by atoms with Crippen LogP contribution in [0.2, 0.25) is 0 Å². The number of nitrogen functional groups attached to an aromatic ring is 1. The van der Waals surface area contributed by atoms with E-state index in [1.165, 1.54) is 6.07 Å². The second-order valence-electron chi connectivity index (χ2n) is 6.31. The van der Waals surface area contributed by atoms with Crippen molar-refractivity contribution in [3.63, 3.8) is 0 Å². The van der Waals surface area contributed by atoms with E-state index in [1.54, 1.807) is 35.0 Å². The Morgan fingerprint density at radius 3 is 2.22 bits per heavy atom. The molecular weight excluding hydrogens is 351 g/mol. The fourth-order valence-corrected chi connectivity index (χ4v) is 3.20. The molecule has 0 saturated carbocycles. The van der Waals surface area contributed by atoms with Gasteiger partial charge in [0.15, 0.2) is 0 Å². The van der Waals surface area contributed by atoms with Crippen molar-refractivity contribution >= 4 is 16.6 Å². The molecule has 3 aromatic carbocycles. The van der Waals surface area contributed by atoms with E-state index in [0.29, 0.717) is 23.3 Å². The van der Waals surface area contributed by atoms with Crippen molar-refractivity contribution in [2.45, 2.75) is 12.7 Å². The zero-order chi connectivity index (χ0) is 19.0.